The van der Waals surface area contributed by atoms with Crippen LogP contribution in [0.25, 0.3) is 11.2 Å². The molecule has 3 aliphatic rings. The lowest BCUT2D eigenvalue weighted by Crippen LogP contribution is -2.67. The van der Waals surface area contributed by atoms with Crippen LogP contribution in [0, 0.1) is 13.8 Å². The first-order valence-electron chi connectivity index (χ1n) is 13.4. The molecule has 0 saturated carbocycles. The van der Waals surface area contributed by atoms with Gasteiger partial charge in [-0.15, -0.1) is 0 Å². The summed E-state index contributed by atoms with van der Waals surface area (Å²) in [6.07, 6.45) is 0.789. The first kappa shape index (κ1) is 26.4. The maximum atomic E-state index is 7.35. The Morgan fingerprint density at radius 3 is 2.17 bits per heavy atom. The van der Waals surface area contributed by atoms with Crippen LogP contribution in [0.2, 0.25) is 22.2 Å². The van der Waals surface area contributed by atoms with E-state index >= 15 is 0 Å². The summed E-state index contributed by atoms with van der Waals surface area (Å²) in [6, 6.07) is 0. The zero-order valence-corrected chi connectivity index (χ0v) is 25.4. The second kappa shape index (κ2) is 8.92. The summed E-state index contributed by atoms with van der Waals surface area (Å²) in [5.41, 5.74) is 2.72. The summed E-state index contributed by atoms with van der Waals surface area (Å²) in [5.74, 6) is 0.707. The van der Waals surface area contributed by atoms with Gasteiger partial charge in [-0.3, -0.25) is 4.57 Å². The van der Waals surface area contributed by atoms with Gasteiger partial charge in [-0.05, 0) is 36.0 Å². The Labute approximate surface area is 216 Å². The lowest BCUT2D eigenvalue weighted by molar-refractivity contribution is -0.186. The van der Waals surface area contributed by atoms with Crippen LogP contribution in [-0.2, 0) is 22.4 Å². The van der Waals surface area contributed by atoms with Crippen LogP contribution < -0.4 is 0 Å². The summed E-state index contributed by atoms with van der Waals surface area (Å²) in [5, 5.41) is 0. The van der Waals surface area contributed by atoms with Crippen molar-refractivity contribution in [2.24, 2.45) is 0 Å². The molecule has 3 saturated heterocycles. The summed E-state index contributed by atoms with van der Waals surface area (Å²) < 4.78 is 37.0. The van der Waals surface area contributed by atoms with Crippen molar-refractivity contribution in [1.82, 2.24) is 19.5 Å². The average Bonchev–Trinajstić information content (AvgIpc) is 3.42. The molecule has 9 nitrogen and oxygen atoms in total. The number of imidazole rings is 1. The summed E-state index contributed by atoms with van der Waals surface area (Å²) in [6.45, 7) is 22.6. The van der Waals surface area contributed by atoms with Crippen molar-refractivity contribution >= 4 is 28.3 Å². The molecule has 0 aromatic carbocycles. The smallest absolute Gasteiger partial charge is 0.335 e. The topological polar surface area (TPSA) is 89.8 Å². The molecule has 5 rings (SSSR count). The molecule has 36 heavy (non-hydrogen) atoms. The zero-order chi connectivity index (χ0) is 26.2. The fraction of sp³-hybridized carbons (Fsp3) is 0.800. The van der Waals surface area contributed by atoms with Gasteiger partial charge >= 0.3 is 17.1 Å². The van der Waals surface area contributed by atoms with Crippen LogP contribution in [0.1, 0.15) is 73.1 Å². The summed E-state index contributed by atoms with van der Waals surface area (Å²) in [4.78, 5) is 13.8. The molecule has 200 valence electrons. The van der Waals surface area contributed by atoms with E-state index in [0.717, 1.165) is 16.9 Å². The SMILES string of the molecule is Cc1nc(C)c2ncn([C@@H]3O[C@@]45COC3[C@H]4O[Si](C(C)C)(C(C)C)O[Si](C(C)C)(C(C)C)OC5)c2n1. The maximum Gasteiger partial charge on any atom is 0.335 e. The van der Waals surface area contributed by atoms with Crippen molar-refractivity contribution in [3.05, 3.63) is 17.8 Å². The number of aromatic nitrogens is 4. The Morgan fingerprint density at radius 2 is 1.56 bits per heavy atom. The van der Waals surface area contributed by atoms with E-state index in [1.54, 1.807) is 6.33 Å². The number of aryl methyl sites for hydroxylation is 2. The average molecular weight is 535 g/mol. The lowest BCUT2D eigenvalue weighted by atomic mass is 10.0. The molecule has 3 fully saturated rings. The number of fused-ring (bicyclic) bond motifs is 1. The van der Waals surface area contributed by atoms with E-state index in [4.69, 9.17) is 27.4 Å². The van der Waals surface area contributed by atoms with Gasteiger partial charge in [0.25, 0.3) is 0 Å². The zero-order valence-electron chi connectivity index (χ0n) is 23.4. The third-order valence-electron chi connectivity index (χ3n) is 8.35. The Bertz CT molecular complexity index is 1120. The van der Waals surface area contributed by atoms with E-state index < -0.39 is 29.0 Å². The molecule has 1 unspecified atom stereocenters. The highest BCUT2D eigenvalue weighted by molar-refractivity contribution is 6.84. The van der Waals surface area contributed by atoms with Gasteiger partial charge in [0.1, 0.15) is 29.2 Å². The summed E-state index contributed by atoms with van der Waals surface area (Å²) >= 11 is 0. The molecule has 5 heterocycles. The number of nitrogens with zero attached hydrogens (tertiary/aromatic N) is 4. The number of rotatable bonds is 5. The van der Waals surface area contributed by atoms with Crippen LogP contribution in [0.3, 0.4) is 0 Å². The molecular weight excluding hydrogens is 492 g/mol. The molecule has 2 aromatic rings. The highest BCUT2D eigenvalue weighted by Gasteiger charge is 2.69. The molecule has 0 aliphatic carbocycles. The minimum absolute atomic E-state index is 0.242. The quantitative estimate of drug-likeness (QED) is 0.492. The Hall–Kier alpha value is -1.22. The first-order chi connectivity index (χ1) is 16.9. The van der Waals surface area contributed by atoms with Crippen LogP contribution in [0.4, 0.5) is 0 Å². The standard InChI is InChI=1S/C25H42N4O5Si2/c1-14(2)35(15(3)4)31-12-25-11-30-21(22(25)33-36(34-35,16(5)6)17(7)8)24(32-25)29-13-26-20-18(9)27-19(10)28-23(20)29/h13-17,21-22,24H,11-12H2,1-10H3/t21?,22-,24-,25-/m1/s1. The van der Waals surface area contributed by atoms with Gasteiger partial charge in [0.15, 0.2) is 11.9 Å². The second-order valence-corrected chi connectivity index (χ2v) is 20.9. The second-order valence-electron chi connectivity index (χ2n) is 12.0. The third-order valence-corrected chi connectivity index (χ3v) is 18.6. The molecule has 0 amide bonds. The molecule has 2 bridgehead atoms. The van der Waals surface area contributed by atoms with Crippen molar-refractivity contribution < 1.29 is 22.4 Å². The van der Waals surface area contributed by atoms with Gasteiger partial charge in [0.05, 0.1) is 25.2 Å². The molecule has 11 heteroatoms. The van der Waals surface area contributed by atoms with E-state index in [-0.39, 0.29) is 34.4 Å². The molecular formula is C25H42N4O5Si2. The highest BCUT2D eigenvalue weighted by atomic mass is 28.5. The van der Waals surface area contributed by atoms with Crippen molar-refractivity contribution in [3.8, 4) is 0 Å². The van der Waals surface area contributed by atoms with Crippen molar-refractivity contribution in [3.63, 3.8) is 0 Å². The normalized spacial score (nSPS) is 31.6. The van der Waals surface area contributed by atoms with Gasteiger partial charge in [0.2, 0.25) is 0 Å². The van der Waals surface area contributed by atoms with Gasteiger partial charge in [-0.2, -0.15) is 0 Å². The van der Waals surface area contributed by atoms with Crippen molar-refractivity contribution in [2.45, 2.75) is 115 Å². The van der Waals surface area contributed by atoms with Crippen molar-refractivity contribution in [1.29, 1.82) is 0 Å². The molecule has 0 radical (unpaired) electrons. The predicted molar refractivity (Wildman–Crippen MR) is 141 cm³/mol. The number of hydrogen-bond acceptors (Lipinski definition) is 8. The highest BCUT2D eigenvalue weighted by Crippen LogP contribution is 2.54. The van der Waals surface area contributed by atoms with E-state index in [0.29, 0.717) is 19.0 Å². The van der Waals surface area contributed by atoms with Crippen LogP contribution >= 0.6 is 0 Å². The van der Waals surface area contributed by atoms with Gasteiger partial charge in [-0.1, -0.05) is 55.4 Å². The van der Waals surface area contributed by atoms with Crippen molar-refractivity contribution in [2.75, 3.05) is 13.2 Å². The fourth-order valence-electron chi connectivity index (χ4n) is 6.42. The molecule has 0 N–H and O–H groups in total. The van der Waals surface area contributed by atoms with E-state index in [1.165, 1.54) is 0 Å². The number of ether oxygens (including phenoxy) is 2. The third kappa shape index (κ3) is 3.69. The first-order valence-corrected chi connectivity index (χ1v) is 17.3. The largest absolute Gasteiger partial charge is 0.414 e. The van der Waals surface area contributed by atoms with E-state index in [2.05, 4.69) is 65.4 Å². The van der Waals surface area contributed by atoms with Crippen LogP contribution in [0.5, 0.6) is 0 Å². The molecule has 0 spiro atoms. The Morgan fingerprint density at radius 1 is 0.917 bits per heavy atom. The van der Waals surface area contributed by atoms with Gasteiger partial charge in [0, 0.05) is 0 Å². The van der Waals surface area contributed by atoms with Crippen LogP contribution in [-0.4, -0.2) is 67.7 Å². The van der Waals surface area contributed by atoms with E-state index in [9.17, 15) is 0 Å². The van der Waals surface area contributed by atoms with Gasteiger partial charge < -0.3 is 22.4 Å². The maximum absolute atomic E-state index is 7.35. The fourth-order valence-corrected chi connectivity index (χ4v) is 17.7. The Kier molecular flexibility index (Phi) is 6.54. The molecule has 4 atom stereocenters. The minimum atomic E-state index is -2.78. The summed E-state index contributed by atoms with van der Waals surface area (Å²) in [7, 11) is -5.45. The molecule has 2 aromatic heterocycles. The number of hydrogen-bond donors (Lipinski definition) is 0. The van der Waals surface area contributed by atoms with Crippen LogP contribution in [0.15, 0.2) is 6.33 Å². The monoisotopic (exact) mass is 534 g/mol. The van der Waals surface area contributed by atoms with E-state index in [1.807, 2.05) is 18.4 Å². The molecule has 3 aliphatic heterocycles. The minimum Gasteiger partial charge on any atom is -0.414 e. The van der Waals surface area contributed by atoms with Gasteiger partial charge in [-0.25, -0.2) is 15.0 Å². The Balaban J connectivity index is 1.62. The lowest BCUT2D eigenvalue weighted by Gasteiger charge is -2.52. The predicted octanol–water partition coefficient (Wildman–Crippen LogP) is 5.07.